The number of carbonyl (C=O) groups is 1. The molecule has 1 aliphatic heterocycles. The molecule has 2 rings (SSSR count). The quantitative estimate of drug-likeness (QED) is 0.644. The van der Waals surface area contributed by atoms with Crippen LogP contribution in [-0.2, 0) is 4.79 Å². The van der Waals surface area contributed by atoms with E-state index in [0.29, 0.717) is 27.9 Å². The number of phenolic OH excluding ortho intramolecular Hbond substituents is 1. The largest absolute Gasteiger partial charge is 0.507 e. The Kier molecular flexibility index (Phi) is 3.54. The van der Waals surface area contributed by atoms with E-state index in [9.17, 15) is 9.90 Å². The number of thiocarbonyl (C=S) groups is 1. The van der Waals surface area contributed by atoms with Gasteiger partial charge in [-0.25, -0.2) is 0 Å². The normalized spacial score (nSPS) is 17.4. The molecule has 6 heteroatoms. The Balaban J connectivity index is 2.38. The highest BCUT2D eigenvalue weighted by Crippen LogP contribution is 2.24. The van der Waals surface area contributed by atoms with E-state index in [1.165, 1.54) is 17.0 Å². The predicted octanol–water partition coefficient (Wildman–Crippen LogP) is 2.12. The molecule has 0 spiro atoms. The van der Waals surface area contributed by atoms with E-state index in [-0.39, 0.29) is 11.7 Å². The lowest BCUT2D eigenvalue weighted by Crippen LogP contribution is -2.30. The summed E-state index contributed by atoms with van der Waals surface area (Å²) >= 11 is 10.9. The average molecular weight is 283 g/mol. The molecule has 0 bridgehead atoms. The molecular weight excluding hydrogens is 272 g/mol. The van der Waals surface area contributed by atoms with Crippen molar-refractivity contribution in [2.24, 2.45) is 0 Å². The molecule has 2 N–H and O–H groups in total. The summed E-state index contributed by atoms with van der Waals surface area (Å²) in [5, 5.41) is 13.4. The second-order valence-electron chi connectivity index (χ2n) is 3.74. The summed E-state index contributed by atoms with van der Waals surface area (Å²) in [5.74, 6) is -0.149. The highest BCUT2D eigenvalue weighted by atomic mass is 35.5. The second kappa shape index (κ2) is 4.96. The number of aromatic hydroxyl groups is 1. The zero-order valence-corrected chi connectivity index (χ0v) is 11.2. The molecule has 1 amide bonds. The fourth-order valence-electron chi connectivity index (χ4n) is 1.66. The molecule has 0 aliphatic carbocycles. The summed E-state index contributed by atoms with van der Waals surface area (Å²) in [6, 6.07) is 4.63. The van der Waals surface area contributed by atoms with Crippen LogP contribution in [0.5, 0.6) is 5.75 Å². The van der Waals surface area contributed by atoms with Crippen molar-refractivity contribution in [1.29, 1.82) is 0 Å². The molecule has 1 aromatic carbocycles. The maximum Gasteiger partial charge on any atom is 0.276 e. The minimum absolute atomic E-state index is 0.0577. The van der Waals surface area contributed by atoms with Gasteiger partial charge in [0.2, 0.25) is 0 Å². The third-order valence-electron chi connectivity index (χ3n) is 2.57. The highest BCUT2D eigenvalue weighted by molar-refractivity contribution is 7.80. The van der Waals surface area contributed by atoms with Gasteiger partial charge in [-0.15, -0.1) is 0 Å². The summed E-state index contributed by atoms with van der Waals surface area (Å²) in [6.07, 6.45) is 1.53. The molecule has 0 atom stereocenters. The van der Waals surface area contributed by atoms with E-state index in [0.717, 1.165) is 0 Å². The lowest BCUT2D eigenvalue weighted by atomic mass is 10.1. The van der Waals surface area contributed by atoms with E-state index >= 15 is 0 Å². The number of hydrogen-bond donors (Lipinski definition) is 2. The standard InChI is InChI=1S/C12H11ClN2O2S/c1-2-15-11(17)9(14-12(15)18)6-7-5-8(13)3-4-10(7)16/h3-6,16H,2H2,1H3,(H,14,18). The van der Waals surface area contributed by atoms with Crippen molar-refractivity contribution in [1.82, 2.24) is 10.2 Å². The van der Waals surface area contributed by atoms with Crippen molar-refractivity contribution in [3.8, 4) is 5.75 Å². The number of likely N-dealkylation sites (N-methyl/N-ethyl adjacent to an activating group) is 1. The van der Waals surface area contributed by atoms with Crippen molar-refractivity contribution < 1.29 is 9.90 Å². The maximum absolute atomic E-state index is 11.9. The van der Waals surface area contributed by atoms with Gasteiger partial charge in [0.1, 0.15) is 11.4 Å². The number of rotatable bonds is 2. The zero-order valence-electron chi connectivity index (χ0n) is 9.61. The Bertz CT molecular complexity index is 557. The molecule has 1 saturated heterocycles. The smallest absolute Gasteiger partial charge is 0.276 e. The Morgan fingerprint density at radius 2 is 2.28 bits per heavy atom. The number of phenols is 1. The van der Waals surface area contributed by atoms with Crippen molar-refractivity contribution in [2.75, 3.05) is 6.54 Å². The molecule has 0 radical (unpaired) electrons. The molecular formula is C12H11ClN2O2S. The number of carbonyl (C=O) groups excluding carboxylic acids is 1. The maximum atomic E-state index is 11.9. The minimum Gasteiger partial charge on any atom is -0.507 e. The zero-order chi connectivity index (χ0) is 13.3. The van der Waals surface area contributed by atoms with Gasteiger partial charge in [0.15, 0.2) is 5.11 Å². The first-order valence-corrected chi connectivity index (χ1v) is 6.14. The van der Waals surface area contributed by atoms with Gasteiger partial charge in [0.05, 0.1) is 0 Å². The van der Waals surface area contributed by atoms with Gasteiger partial charge in [-0.3, -0.25) is 9.69 Å². The number of halogens is 1. The van der Waals surface area contributed by atoms with E-state index in [1.54, 1.807) is 12.1 Å². The van der Waals surface area contributed by atoms with Gasteiger partial charge < -0.3 is 10.4 Å². The van der Waals surface area contributed by atoms with Crippen LogP contribution in [0.25, 0.3) is 6.08 Å². The van der Waals surface area contributed by atoms with E-state index in [4.69, 9.17) is 23.8 Å². The third kappa shape index (κ3) is 2.32. The first-order valence-electron chi connectivity index (χ1n) is 5.36. The van der Waals surface area contributed by atoms with Crippen LogP contribution in [-0.4, -0.2) is 27.6 Å². The number of hydrogen-bond acceptors (Lipinski definition) is 3. The second-order valence-corrected chi connectivity index (χ2v) is 4.56. The molecule has 1 aliphatic rings. The van der Waals surface area contributed by atoms with Crippen LogP contribution in [0.2, 0.25) is 5.02 Å². The summed E-state index contributed by atoms with van der Waals surface area (Å²) in [7, 11) is 0. The Hall–Kier alpha value is -1.59. The fraction of sp³-hybridized carbons (Fsp3) is 0.167. The summed E-state index contributed by atoms with van der Waals surface area (Å²) < 4.78 is 0. The number of amides is 1. The first-order chi connectivity index (χ1) is 8.52. The fourth-order valence-corrected chi connectivity index (χ4v) is 2.16. The summed E-state index contributed by atoms with van der Waals surface area (Å²) in [4.78, 5) is 13.4. The molecule has 0 saturated carbocycles. The average Bonchev–Trinajstić information content (AvgIpc) is 2.59. The van der Waals surface area contributed by atoms with E-state index in [1.807, 2.05) is 6.92 Å². The number of nitrogens with one attached hydrogen (secondary N) is 1. The van der Waals surface area contributed by atoms with Crippen molar-refractivity contribution in [3.05, 3.63) is 34.5 Å². The summed E-state index contributed by atoms with van der Waals surface area (Å²) in [5.41, 5.74) is 0.804. The van der Waals surface area contributed by atoms with Crippen molar-refractivity contribution >= 4 is 40.9 Å². The van der Waals surface area contributed by atoms with Gasteiger partial charge in [0, 0.05) is 17.1 Å². The Labute approximate surface area is 115 Å². The monoisotopic (exact) mass is 282 g/mol. The lowest BCUT2D eigenvalue weighted by molar-refractivity contribution is -0.122. The number of benzene rings is 1. The SMILES string of the molecule is CCN1C(=O)C(=Cc2cc(Cl)ccc2O)NC1=S. The molecule has 18 heavy (non-hydrogen) atoms. The Morgan fingerprint density at radius 1 is 1.56 bits per heavy atom. The van der Waals surface area contributed by atoms with Gasteiger partial charge in [-0.1, -0.05) is 11.6 Å². The van der Waals surface area contributed by atoms with Crippen molar-refractivity contribution in [2.45, 2.75) is 6.92 Å². The lowest BCUT2D eigenvalue weighted by Gasteiger charge is -2.08. The highest BCUT2D eigenvalue weighted by Gasteiger charge is 2.29. The molecule has 0 unspecified atom stereocenters. The van der Waals surface area contributed by atoms with Crippen LogP contribution in [0.3, 0.4) is 0 Å². The van der Waals surface area contributed by atoms with E-state index < -0.39 is 0 Å². The van der Waals surface area contributed by atoms with Gasteiger partial charge >= 0.3 is 0 Å². The van der Waals surface area contributed by atoms with Gasteiger partial charge in [-0.05, 0) is 43.4 Å². The number of nitrogens with zero attached hydrogens (tertiary/aromatic N) is 1. The van der Waals surface area contributed by atoms with Gasteiger partial charge in [-0.2, -0.15) is 0 Å². The molecule has 1 aromatic rings. The third-order valence-corrected chi connectivity index (χ3v) is 3.13. The van der Waals surface area contributed by atoms with Crippen LogP contribution in [0.1, 0.15) is 12.5 Å². The molecule has 1 fully saturated rings. The van der Waals surface area contributed by atoms with Crippen LogP contribution in [0.4, 0.5) is 0 Å². The molecule has 1 heterocycles. The van der Waals surface area contributed by atoms with E-state index in [2.05, 4.69) is 5.32 Å². The minimum atomic E-state index is -0.207. The van der Waals surface area contributed by atoms with Crippen LogP contribution >= 0.6 is 23.8 Å². The predicted molar refractivity (Wildman–Crippen MR) is 74.2 cm³/mol. The molecule has 0 aromatic heterocycles. The van der Waals surface area contributed by atoms with Crippen LogP contribution in [0.15, 0.2) is 23.9 Å². The van der Waals surface area contributed by atoms with Crippen LogP contribution in [0, 0.1) is 0 Å². The summed E-state index contributed by atoms with van der Waals surface area (Å²) in [6.45, 7) is 2.34. The van der Waals surface area contributed by atoms with Gasteiger partial charge in [0.25, 0.3) is 5.91 Å². The Morgan fingerprint density at radius 3 is 2.89 bits per heavy atom. The van der Waals surface area contributed by atoms with Crippen LogP contribution < -0.4 is 5.32 Å². The first kappa shape index (κ1) is 12.9. The van der Waals surface area contributed by atoms with Crippen molar-refractivity contribution in [3.63, 3.8) is 0 Å². The topological polar surface area (TPSA) is 52.6 Å². The molecule has 4 nitrogen and oxygen atoms in total. The molecule has 94 valence electrons.